The Bertz CT molecular complexity index is 613. The van der Waals surface area contributed by atoms with Gasteiger partial charge in [-0.05, 0) is 40.7 Å². The number of carboxylic acids is 1. The van der Waals surface area contributed by atoms with Gasteiger partial charge in [0.15, 0.2) is 17.2 Å². The van der Waals surface area contributed by atoms with E-state index >= 15 is 0 Å². The van der Waals surface area contributed by atoms with E-state index in [9.17, 15) is 23.5 Å². The number of carbonyl (C=O) groups is 2. The summed E-state index contributed by atoms with van der Waals surface area (Å²) < 4.78 is 32.8. The Balaban J connectivity index is 3.45. The summed E-state index contributed by atoms with van der Waals surface area (Å²) in [5, 5.41) is 9.61. The van der Waals surface area contributed by atoms with Crippen molar-refractivity contribution in [2.45, 2.75) is 45.8 Å². The zero-order chi connectivity index (χ0) is 18.0. The zero-order valence-electron chi connectivity index (χ0n) is 13.8. The SMILES string of the molecule is CCN(C(=O)OC(C)(C)C)C(C)(C(=O)O)c1cccc(F)c1F. The maximum Gasteiger partial charge on any atom is 0.411 e. The predicted molar refractivity (Wildman–Crippen MR) is 80.0 cm³/mol. The van der Waals surface area contributed by atoms with Crippen molar-refractivity contribution in [1.82, 2.24) is 4.90 Å². The number of likely N-dealkylation sites (N-methyl/N-ethyl adjacent to an activating group) is 1. The summed E-state index contributed by atoms with van der Waals surface area (Å²) in [5.41, 5.74) is -3.41. The van der Waals surface area contributed by atoms with E-state index < -0.39 is 40.4 Å². The quantitative estimate of drug-likeness (QED) is 0.918. The molecule has 0 saturated carbocycles. The minimum absolute atomic E-state index is 0.0618. The zero-order valence-corrected chi connectivity index (χ0v) is 13.8. The van der Waals surface area contributed by atoms with Gasteiger partial charge in [0.05, 0.1) is 0 Å². The number of benzene rings is 1. The van der Waals surface area contributed by atoms with Gasteiger partial charge in [-0.1, -0.05) is 12.1 Å². The number of nitrogens with zero attached hydrogens (tertiary/aromatic N) is 1. The van der Waals surface area contributed by atoms with Crippen LogP contribution in [0.4, 0.5) is 13.6 Å². The molecule has 7 heteroatoms. The minimum Gasteiger partial charge on any atom is -0.479 e. The molecule has 5 nitrogen and oxygen atoms in total. The van der Waals surface area contributed by atoms with Crippen molar-refractivity contribution in [1.29, 1.82) is 0 Å². The van der Waals surface area contributed by atoms with Crippen LogP contribution in [0.5, 0.6) is 0 Å². The Morgan fingerprint density at radius 2 is 1.78 bits per heavy atom. The van der Waals surface area contributed by atoms with Crippen LogP contribution in [0.15, 0.2) is 18.2 Å². The highest BCUT2D eigenvalue weighted by Crippen LogP contribution is 2.33. The monoisotopic (exact) mass is 329 g/mol. The van der Waals surface area contributed by atoms with Gasteiger partial charge in [-0.2, -0.15) is 0 Å². The van der Waals surface area contributed by atoms with Gasteiger partial charge in [0.2, 0.25) is 0 Å². The number of hydrogen-bond acceptors (Lipinski definition) is 3. The highest BCUT2D eigenvalue weighted by molar-refractivity contribution is 5.85. The summed E-state index contributed by atoms with van der Waals surface area (Å²) >= 11 is 0. The molecule has 0 aliphatic carbocycles. The Morgan fingerprint density at radius 1 is 1.22 bits per heavy atom. The topological polar surface area (TPSA) is 66.8 Å². The molecule has 0 aliphatic rings. The first kappa shape index (κ1) is 18.9. The molecular weight excluding hydrogens is 308 g/mol. The maximum absolute atomic E-state index is 14.1. The minimum atomic E-state index is -2.11. The van der Waals surface area contributed by atoms with E-state index in [0.29, 0.717) is 0 Å². The average molecular weight is 329 g/mol. The smallest absolute Gasteiger partial charge is 0.411 e. The molecule has 0 saturated heterocycles. The number of amides is 1. The summed E-state index contributed by atoms with van der Waals surface area (Å²) in [6, 6.07) is 3.21. The van der Waals surface area contributed by atoms with Crippen molar-refractivity contribution in [2.75, 3.05) is 6.54 Å². The van der Waals surface area contributed by atoms with Crippen LogP contribution < -0.4 is 0 Å². The van der Waals surface area contributed by atoms with Crippen molar-refractivity contribution < 1.29 is 28.2 Å². The fourth-order valence-corrected chi connectivity index (χ4v) is 2.20. The van der Waals surface area contributed by atoms with E-state index in [1.165, 1.54) is 13.0 Å². The van der Waals surface area contributed by atoms with E-state index in [-0.39, 0.29) is 6.54 Å². The molecule has 1 unspecified atom stereocenters. The van der Waals surface area contributed by atoms with Crippen molar-refractivity contribution in [3.05, 3.63) is 35.4 Å². The van der Waals surface area contributed by atoms with Crippen LogP contribution in [-0.4, -0.2) is 34.2 Å². The summed E-state index contributed by atoms with van der Waals surface area (Å²) in [6.45, 7) is 7.48. The molecule has 1 amide bonds. The lowest BCUT2D eigenvalue weighted by atomic mass is 9.89. The van der Waals surface area contributed by atoms with Crippen molar-refractivity contribution in [2.24, 2.45) is 0 Å². The fourth-order valence-electron chi connectivity index (χ4n) is 2.20. The van der Waals surface area contributed by atoms with Gasteiger partial charge in [-0.3, -0.25) is 4.90 Å². The van der Waals surface area contributed by atoms with E-state index in [2.05, 4.69) is 0 Å². The molecule has 128 valence electrons. The van der Waals surface area contributed by atoms with Crippen LogP contribution in [0.25, 0.3) is 0 Å². The van der Waals surface area contributed by atoms with E-state index in [1.54, 1.807) is 20.8 Å². The molecule has 1 N–H and O–H groups in total. The second-order valence-corrected chi connectivity index (χ2v) is 6.20. The summed E-state index contributed by atoms with van der Waals surface area (Å²) in [7, 11) is 0. The third kappa shape index (κ3) is 3.78. The first-order valence-electron chi connectivity index (χ1n) is 7.13. The Morgan fingerprint density at radius 3 is 2.22 bits per heavy atom. The molecule has 1 rings (SSSR count). The van der Waals surface area contributed by atoms with Crippen LogP contribution in [0.2, 0.25) is 0 Å². The Hall–Kier alpha value is -2.18. The van der Waals surface area contributed by atoms with E-state index in [4.69, 9.17) is 4.74 Å². The normalized spacial score (nSPS) is 14.0. The third-order valence-corrected chi connectivity index (χ3v) is 3.36. The first-order valence-corrected chi connectivity index (χ1v) is 7.13. The molecule has 0 radical (unpaired) electrons. The Labute approximate surface area is 133 Å². The molecule has 1 atom stereocenters. The third-order valence-electron chi connectivity index (χ3n) is 3.36. The number of halogens is 2. The highest BCUT2D eigenvalue weighted by atomic mass is 19.2. The largest absolute Gasteiger partial charge is 0.479 e. The maximum atomic E-state index is 14.1. The van der Waals surface area contributed by atoms with Gasteiger partial charge >= 0.3 is 12.1 Å². The molecular formula is C16H21F2NO4. The highest BCUT2D eigenvalue weighted by Gasteiger charge is 2.47. The molecule has 0 heterocycles. The van der Waals surface area contributed by atoms with Crippen LogP contribution in [0, 0.1) is 11.6 Å². The van der Waals surface area contributed by atoms with Gasteiger partial charge in [0.25, 0.3) is 0 Å². The molecule has 1 aromatic carbocycles. The Kier molecular flexibility index (Phi) is 5.35. The van der Waals surface area contributed by atoms with Gasteiger partial charge in [-0.15, -0.1) is 0 Å². The van der Waals surface area contributed by atoms with Crippen molar-refractivity contribution in [3.8, 4) is 0 Å². The van der Waals surface area contributed by atoms with Gasteiger partial charge in [0, 0.05) is 12.1 Å². The lowest BCUT2D eigenvalue weighted by molar-refractivity contribution is -0.151. The fraction of sp³-hybridized carbons (Fsp3) is 0.500. The average Bonchev–Trinajstić information content (AvgIpc) is 2.40. The van der Waals surface area contributed by atoms with Crippen LogP contribution in [-0.2, 0) is 15.1 Å². The molecule has 0 aliphatic heterocycles. The number of hydrogen-bond donors (Lipinski definition) is 1. The molecule has 0 fully saturated rings. The standard InChI is InChI=1S/C16H21F2NO4/c1-6-19(14(22)23-15(2,3)4)16(5,13(20)21)10-8-7-9-11(17)12(10)18/h7-9H,6H2,1-5H3,(H,20,21). The van der Waals surface area contributed by atoms with E-state index in [1.807, 2.05) is 0 Å². The summed E-state index contributed by atoms with van der Waals surface area (Å²) in [6.07, 6.45) is -0.923. The summed E-state index contributed by atoms with van der Waals surface area (Å²) in [4.78, 5) is 25.0. The van der Waals surface area contributed by atoms with Crippen molar-refractivity contribution >= 4 is 12.1 Å². The molecule has 23 heavy (non-hydrogen) atoms. The molecule has 0 bridgehead atoms. The predicted octanol–water partition coefficient (Wildman–Crippen LogP) is 3.52. The number of carboxylic acid groups (broad SMARTS) is 1. The van der Waals surface area contributed by atoms with Gasteiger partial charge in [-0.25, -0.2) is 18.4 Å². The molecule has 1 aromatic rings. The number of ether oxygens (including phenoxy) is 1. The lowest BCUT2D eigenvalue weighted by Crippen LogP contribution is -2.54. The first-order chi connectivity index (χ1) is 10.4. The van der Waals surface area contributed by atoms with Crippen LogP contribution >= 0.6 is 0 Å². The second kappa shape index (κ2) is 6.52. The second-order valence-electron chi connectivity index (χ2n) is 6.20. The van der Waals surface area contributed by atoms with Gasteiger partial charge in [0.1, 0.15) is 5.60 Å². The number of aliphatic carboxylic acids is 1. The molecule has 0 spiro atoms. The molecule has 0 aromatic heterocycles. The van der Waals surface area contributed by atoms with Crippen LogP contribution in [0.1, 0.15) is 40.2 Å². The van der Waals surface area contributed by atoms with E-state index in [0.717, 1.165) is 24.0 Å². The van der Waals surface area contributed by atoms with Crippen molar-refractivity contribution in [3.63, 3.8) is 0 Å². The van der Waals surface area contributed by atoms with Gasteiger partial charge < -0.3 is 9.84 Å². The summed E-state index contributed by atoms with van der Waals surface area (Å²) in [5.74, 6) is -3.98. The number of rotatable bonds is 4. The number of carbonyl (C=O) groups excluding carboxylic acids is 1. The van der Waals surface area contributed by atoms with Crippen LogP contribution in [0.3, 0.4) is 0 Å². The lowest BCUT2D eigenvalue weighted by Gasteiger charge is -2.38.